The van der Waals surface area contributed by atoms with Crippen LogP contribution in [0.4, 0.5) is 0 Å². The van der Waals surface area contributed by atoms with E-state index < -0.39 is 0 Å². The second-order valence-corrected chi connectivity index (χ2v) is 2.47. The first-order chi connectivity index (χ1) is 5.34. The quantitative estimate of drug-likeness (QED) is 0.580. The van der Waals surface area contributed by atoms with Crippen LogP contribution in [0.3, 0.4) is 0 Å². The summed E-state index contributed by atoms with van der Waals surface area (Å²) in [5, 5.41) is 0. The molecule has 56 valence electrons. The molecule has 1 nitrogen and oxygen atoms in total. The molecule has 0 saturated heterocycles. The Hall–Kier alpha value is -1.29. The zero-order valence-corrected chi connectivity index (χ0v) is 6.67. The molecule has 1 aromatic heterocycles. The van der Waals surface area contributed by atoms with Crippen molar-refractivity contribution in [1.82, 2.24) is 4.98 Å². The molecule has 0 aliphatic heterocycles. The zero-order valence-electron chi connectivity index (χ0n) is 6.67. The number of terminal acetylenes is 1. The van der Waals surface area contributed by atoms with Crippen molar-refractivity contribution in [2.75, 3.05) is 0 Å². The van der Waals surface area contributed by atoms with Crippen LogP contribution in [0.25, 0.3) is 0 Å². The zero-order chi connectivity index (χ0) is 8.10. The van der Waals surface area contributed by atoms with E-state index in [1.54, 1.807) is 6.20 Å². The number of aromatic nitrogens is 1. The number of hydrogen-bond acceptors (Lipinski definition) is 1. The van der Waals surface area contributed by atoms with Crippen LogP contribution < -0.4 is 0 Å². The number of rotatable bonds is 2. The van der Waals surface area contributed by atoms with Crippen LogP contribution in [0.2, 0.25) is 0 Å². The van der Waals surface area contributed by atoms with Crippen molar-refractivity contribution in [3.63, 3.8) is 0 Å². The van der Waals surface area contributed by atoms with E-state index in [4.69, 9.17) is 6.42 Å². The smallest absolute Gasteiger partial charge is 0.0442 e. The molecule has 0 aliphatic carbocycles. The molecule has 1 heteroatoms. The predicted molar refractivity (Wildman–Crippen MR) is 46.1 cm³/mol. The fourth-order valence-electron chi connectivity index (χ4n) is 0.971. The van der Waals surface area contributed by atoms with Gasteiger partial charge in [-0.1, -0.05) is 6.07 Å². The van der Waals surface area contributed by atoms with Crippen LogP contribution in [-0.2, 0) is 6.42 Å². The van der Waals surface area contributed by atoms with Gasteiger partial charge in [-0.15, -0.1) is 12.3 Å². The number of aryl methyl sites for hydroxylation is 2. The highest BCUT2D eigenvalue weighted by Crippen LogP contribution is 2.04. The van der Waals surface area contributed by atoms with E-state index in [1.165, 1.54) is 5.56 Å². The molecule has 1 heterocycles. The highest BCUT2D eigenvalue weighted by Gasteiger charge is 1.95. The van der Waals surface area contributed by atoms with Crippen molar-refractivity contribution in [2.24, 2.45) is 0 Å². The Labute approximate surface area is 67.5 Å². The highest BCUT2D eigenvalue weighted by atomic mass is 14.7. The van der Waals surface area contributed by atoms with Crippen LogP contribution in [0.15, 0.2) is 18.3 Å². The van der Waals surface area contributed by atoms with Gasteiger partial charge in [0.1, 0.15) is 0 Å². The van der Waals surface area contributed by atoms with Crippen molar-refractivity contribution in [1.29, 1.82) is 0 Å². The topological polar surface area (TPSA) is 12.9 Å². The monoisotopic (exact) mass is 145 g/mol. The van der Waals surface area contributed by atoms with E-state index in [0.29, 0.717) is 0 Å². The molecule has 0 radical (unpaired) electrons. The Kier molecular flexibility index (Phi) is 2.68. The third-order valence-electron chi connectivity index (χ3n) is 1.62. The summed E-state index contributed by atoms with van der Waals surface area (Å²) in [4.78, 5) is 4.22. The fraction of sp³-hybridized carbons (Fsp3) is 0.300. The van der Waals surface area contributed by atoms with Gasteiger partial charge in [0, 0.05) is 24.7 Å². The fourth-order valence-corrected chi connectivity index (χ4v) is 0.971. The van der Waals surface area contributed by atoms with E-state index in [0.717, 1.165) is 18.5 Å². The Balaban J connectivity index is 2.71. The summed E-state index contributed by atoms with van der Waals surface area (Å²) < 4.78 is 0. The Morgan fingerprint density at radius 3 is 3.09 bits per heavy atom. The third kappa shape index (κ3) is 2.09. The molecule has 11 heavy (non-hydrogen) atoms. The maximum atomic E-state index is 5.15. The standard InChI is InChI=1S/C10H11N/c1-3-4-7-10-9(2)6-5-8-11-10/h1,5-6,8H,4,7H2,2H3. The van der Waals surface area contributed by atoms with Crippen molar-refractivity contribution in [3.8, 4) is 12.3 Å². The maximum Gasteiger partial charge on any atom is 0.0442 e. The molecule has 0 fully saturated rings. The van der Waals surface area contributed by atoms with E-state index in [9.17, 15) is 0 Å². The first kappa shape index (κ1) is 7.81. The first-order valence-electron chi connectivity index (χ1n) is 3.68. The summed E-state index contributed by atoms with van der Waals surface area (Å²) in [6, 6.07) is 3.99. The van der Waals surface area contributed by atoms with Gasteiger partial charge in [0.2, 0.25) is 0 Å². The second-order valence-electron chi connectivity index (χ2n) is 2.47. The lowest BCUT2D eigenvalue weighted by atomic mass is 10.1. The van der Waals surface area contributed by atoms with Crippen LogP contribution in [0, 0.1) is 19.3 Å². The molecule has 1 aromatic rings. The second kappa shape index (κ2) is 3.78. The molecular formula is C10H11N. The lowest BCUT2D eigenvalue weighted by Crippen LogP contribution is -1.91. The third-order valence-corrected chi connectivity index (χ3v) is 1.62. The van der Waals surface area contributed by atoms with Crippen LogP contribution in [0.1, 0.15) is 17.7 Å². The van der Waals surface area contributed by atoms with Gasteiger partial charge in [0.25, 0.3) is 0 Å². The van der Waals surface area contributed by atoms with Gasteiger partial charge >= 0.3 is 0 Å². The summed E-state index contributed by atoms with van der Waals surface area (Å²) >= 11 is 0. The summed E-state index contributed by atoms with van der Waals surface area (Å²) in [6.07, 6.45) is 8.62. The molecule has 0 aliphatic rings. The van der Waals surface area contributed by atoms with Crippen molar-refractivity contribution in [3.05, 3.63) is 29.6 Å². The van der Waals surface area contributed by atoms with E-state index >= 15 is 0 Å². The van der Waals surface area contributed by atoms with Gasteiger partial charge in [0.05, 0.1) is 0 Å². The van der Waals surface area contributed by atoms with Crippen molar-refractivity contribution >= 4 is 0 Å². The normalized spacial score (nSPS) is 9.09. The molecule has 0 spiro atoms. The largest absolute Gasteiger partial charge is 0.261 e. The average molecular weight is 145 g/mol. The average Bonchev–Trinajstić information content (AvgIpc) is 2.03. The molecule has 0 aromatic carbocycles. The SMILES string of the molecule is C#CCCc1ncccc1C. The number of pyridine rings is 1. The van der Waals surface area contributed by atoms with Crippen LogP contribution >= 0.6 is 0 Å². The minimum absolute atomic E-state index is 0.776. The highest BCUT2D eigenvalue weighted by molar-refractivity contribution is 5.18. The van der Waals surface area contributed by atoms with Crippen LogP contribution in [0.5, 0.6) is 0 Å². The van der Waals surface area contributed by atoms with E-state index in [2.05, 4.69) is 23.9 Å². The van der Waals surface area contributed by atoms with Gasteiger partial charge in [-0.2, -0.15) is 0 Å². The summed E-state index contributed by atoms with van der Waals surface area (Å²) in [5.74, 6) is 2.60. The summed E-state index contributed by atoms with van der Waals surface area (Å²) in [7, 11) is 0. The van der Waals surface area contributed by atoms with Gasteiger partial charge in [-0.05, 0) is 18.6 Å². The molecule has 0 saturated carbocycles. The first-order valence-corrected chi connectivity index (χ1v) is 3.68. The van der Waals surface area contributed by atoms with Gasteiger partial charge in [0.15, 0.2) is 0 Å². The molecule has 0 N–H and O–H groups in total. The minimum Gasteiger partial charge on any atom is -0.261 e. The molecule has 0 unspecified atom stereocenters. The molecule has 0 amide bonds. The Morgan fingerprint density at radius 1 is 1.64 bits per heavy atom. The summed E-state index contributed by atoms with van der Waals surface area (Å²) in [6.45, 7) is 2.05. The Morgan fingerprint density at radius 2 is 2.45 bits per heavy atom. The van der Waals surface area contributed by atoms with E-state index in [1.807, 2.05) is 6.07 Å². The predicted octanol–water partition coefficient (Wildman–Crippen LogP) is 1.96. The number of hydrogen-bond donors (Lipinski definition) is 0. The lowest BCUT2D eigenvalue weighted by molar-refractivity contribution is 0.945. The van der Waals surface area contributed by atoms with Crippen molar-refractivity contribution < 1.29 is 0 Å². The summed E-state index contributed by atoms with van der Waals surface area (Å²) in [5.41, 5.74) is 2.34. The molecule has 1 rings (SSSR count). The van der Waals surface area contributed by atoms with Gasteiger partial charge in [-0.25, -0.2) is 0 Å². The molecular weight excluding hydrogens is 134 g/mol. The van der Waals surface area contributed by atoms with Crippen molar-refractivity contribution in [2.45, 2.75) is 19.8 Å². The van der Waals surface area contributed by atoms with Gasteiger partial charge < -0.3 is 0 Å². The minimum atomic E-state index is 0.776. The lowest BCUT2D eigenvalue weighted by Gasteiger charge is -1.99. The van der Waals surface area contributed by atoms with E-state index in [-0.39, 0.29) is 0 Å². The Bertz CT molecular complexity index is 270. The van der Waals surface area contributed by atoms with Gasteiger partial charge in [-0.3, -0.25) is 4.98 Å². The molecule has 0 atom stereocenters. The number of nitrogens with zero attached hydrogens (tertiary/aromatic N) is 1. The van der Waals surface area contributed by atoms with Crippen LogP contribution in [-0.4, -0.2) is 4.98 Å². The maximum absolute atomic E-state index is 5.15. The molecule has 0 bridgehead atoms.